The lowest BCUT2D eigenvalue weighted by molar-refractivity contribution is 0.232. The lowest BCUT2D eigenvalue weighted by atomic mass is 10.1. The molecule has 1 aliphatic rings. The Hall–Kier alpha value is 0.180. The monoisotopic (exact) mass is 309 g/mol. The van der Waals surface area contributed by atoms with Gasteiger partial charge in [0.15, 0.2) is 0 Å². The van der Waals surface area contributed by atoms with Gasteiger partial charge in [0.25, 0.3) is 10.2 Å². The van der Waals surface area contributed by atoms with Gasteiger partial charge < -0.3 is 5.32 Å². The molecule has 1 heterocycles. The third kappa shape index (κ3) is 4.90. The van der Waals surface area contributed by atoms with E-state index in [2.05, 4.69) is 5.32 Å². The van der Waals surface area contributed by atoms with Gasteiger partial charge in [-0.05, 0) is 25.6 Å². The lowest BCUT2D eigenvalue weighted by Crippen LogP contribution is -2.53. The third-order valence-electron chi connectivity index (χ3n) is 3.50. The smallest absolute Gasteiger partial charge is 0.282 e. The Morgan fingerprint density at radius 1 is 1.42 bits per heavy atom. The highest BCUT2D eigenvalue weighted by Gasteiger charge is 2.34. The average molecular weight is 310 g/mol. The topological polar surface area (TPSA) is 52.7 Å². The first-order valence-electron chi connectivity index (χ1n) is 6.96. The lowest BCUT2D eigenvalue weighted by Gasteiger charge is -2.37. The van der Waals surface area contributed by atoms with Crippen molar-refractivity contribution in [1.29, 1.82) is 0 Å². The summed E-state index contributed by atoms with van der Waals surface area (Å²) in [6.45, 7) is 4.92. The largest absolute Gasteiger partial charge is 0.315 e. The Bertz CT molecular complexity index is 349. The maximum Gasteiger partial charge on any atom is 0.282 e. The molecule has 0 aromatic heterocycles. The standard InChI is InChI=1S/C12H27N3O2S2/c1-4-13-11-12-7-5-6-8-15(12)19(16,17)14(2)9-10-18-3/h12-13H,4-11H2,1-3H3. The van der Waals surface area contributed by atoms with Gasteiger partial charge in [0.2, 0.25) is 0 Å². The second kappa shape index (κ2) is 8.46. The van der Waals surface area contributed by atoms with Crippen LogP contribution >= 0.6 is 11.8 Å². The number of nitrogens with one attached hydrogen (secondary N) is 1. The van der Waals surface area contributed by atoms with E-state index in [0.717, 1.165) is 38.1 Å². The zero-order chi connectivity index (χ0) is 14.3. The molecular formula is C12H27N3O2S2. The summed E-state index contributed by atoms with van der Waals surface area (Å²) < 4.78 is 28.3. The average Bonchev–Trinajstić information content (AvgIpc) is 2.42. The van der Waals surface area contributed by atoms with Crippen LogP contribution in [0.3, 0.4) is 0 Å². The molecule has 0 aliphatic carbocycles. The van der Waals surface area contributed by atoms with Gasteiger partial charge in [-0.2, -0.15) is 28.8 Å². The summed E-state index contributed by atoms with van der Waals surface area (Å²) in [4.78, 5) is 0. The minimum Gasteiger partial charge on any atom is -0.315 e. The molecule has 114 valence electrons. The minimum absolute atomic E-state index is 0.107. The van der Waals surface area contributed by atoms with Crippen LogP contribution in [0.1, 0.15) is 26.2 Å². The minimum atomic E-state index is -3.30. The Morgan fingerprint density at radius 3 is 2.79 bits per heavy atom. The third-order valence-corrected chi connectivity index (χ3v) is 6.14. The van der Waals surface area contributed by atoms with Crippen LogP contribution in [-0.2, 0) is 10.2 Å². The molecule has 0 radical (unpaired) electrons. The molecule has 0 aromatic carbocycles. The molecule has 0 amide bonds. The highest BCUT2D eigenvalue weighted by atomic mass is 32.2. The summed E-state index contributed by atoms with van der Waals surface area (Å²) >= 11 is 1.67. The van der Waals surface area contributed by atoms with Crippen LogP contribution in [0.4, 0.5) is 0 Å². The molecule has 1 N–H and O–H groups in total. The van der Waals surface area contributed by atoms with E-state index in [9.17, 15) is 8.42 Å². The van der Waals surface area contributed by atoms with Crippen LogP contribution in [0.2, 0.25) is 0 Å². The van der Waals surface area contributed by atoms with Gasteiger partial charge in [-0.15, -0.1) is 0 Å². The first-order valence-corrected chi connectivity index (χ1v) is 9.75. The highest BCUT2D eigenvalue weighted by molar-refractivity contribution is 7.98. The van der Waals surface area contributed by atoms with E-state index in [4.69, 9.17) is 0 Å². The van der Waals surface area contributed by atoms with E-state index < -0.39 is 10.2 Å². The summed E-state index contributed by atoms with van der Waals surface area (Å²) in [7, 11) is -1.62. The van der Waals surface area contributed by atoms with Gasteiger partial charge in [0, 0.05) is 38.5 Å². The Kier molecular flexibility index (Phi) is 7.68. The first-order chi connectivity index (χ1) is 9.04. The molecule has 1 fully saturated rings. The van der Waals surface area contributed by atoms with Gasteiger partial charge in [0.1, 0.15) is 0 Å². The fourth-order valence-electron chi connectivity index (χ4n) is 2.31. The van der Waals surface area contributed by atoms with Gasteiger partial charge >= 0.3 is 0 Å². The van der Waals surface area contributed by atoms with Crippen molar-refractivity contribution in [2.75, 3.05) is 45.2 Å². The normalized spacial score (nSPS) is 22.0. The van der Waals surface area contributed by atoms with E-state index >= 15 is 0 Å². The number of piperidine rings is 1. The zero-order valence-electron chi connectivity index (χ0n) is 12.3. The van der Waals surface area contributed by atoms with Crippen LogP contribution in [-0.4, -0.2) is 68.3 Å². The highest BCUT2D eigenvalue weighted by Crippen LogP contribution is 2.21. The Morgan fingerprint density at radius 2 is 2.16 bits per heavy atom. The molecule has 0 spiro atoms. The molecule has 1 saturated heterocycles. The van der Waals surface area contributed by atoms with Crippen molar-refractivity contribution in [2.45, 2.75) is 32.2 Å². The van der Waals surface area contributed by atoms with E-state index in [1.165, 1.54) is 4.31 Å². The molecule has 0 saturated carbocycles. The van der Waals surface area contributed by atoms with E-state index in [1.807, 2.05) is 13.2 Å². The number of thioether (sulfide) groups is 1. The summed E-state index contributed by atoms with van der Waals surface area (Å²) in [5.41, 5.74) is 0. The summed E-state index contributed by atoms with van der Waals surface area (Å²) in [6.07, 6.45) is 5.05. The molecule has 7 heteroatoms. The van der Waals surface area contributed by atoms with Crippen LogP contribution in [0.25, 0.3) is 0 Å². The van der Waals surface area contributed by atoms with Crippen molar-refractivity contribution in [3.8, 4) is 0 Å². The summed E-state index contributed by atoms with van der Waals surface area (Å²) in [5.74, 6) is 0.835. The fraction of sp³-hybridized carbons (Fsp3) is 1.00. The second-order valence-corrected chi connectivity index (χ2v) is 7.86. The van der Waals surface area contributed by atoms with Crippen molar-refractivity contribution in [3.63, 3.8) is 0 Å². The Labute approximate surface area is 122 Å². The van der Waals surface area contributed by atoms with Crippen molar-refractivity contribution in [1.82, 2.24) is 13.9 Å². The van der Waals surface area contributed by atoms with Gasteiger partial charge in [-0.1, -0.05) is 13.3 Å². The van der Waals surface area contributed by atoms with Crippen molar-refractivity contribution in [3.05, 3.63) is 0 Å². The molecule has 1 unspecified atom stereocenters. The van der Waals surface area contributed by atoms with Crippen LogP contribution < -0.4 is 5.32 Å². The van der Waals surface area contributed by atoms with Crippen LogP contribution in [0, 0.1) is 0 Å². The molecular weight excluding hydrogens is 282 g/mol. The van der Waals surface area contributed by atoms with Gasteiger partial charge in [-0.3, -0.25) is 0 Å². The maximum absolute atomic E-state index is 12.6. The van der Waals surface area contributed by atoms with E-state index in [-0.39, 0.29) is 6.04 Å². The van der Waals surface area contributed by atoms with Crippen LogP contribution in [0.5, 0.6) is 0 Å². The molecule has 0 aromatic rings. The Balaban J connectivity index is 2.71. The number of rotatable bonds is 8. The van der Waals surface area contributed by atoms with Crippen molar-refractivity contribution >= 4 is 22.0 Å². The SMILES string of the molecule is CCNCC1CCCCN1S(=O)(=O)N(C)CCSC. The van der Waals surface area contributed by atoms with E-state index in [0.29, 0.717) is 13.1 Å². The predicted molar refractivity (Wildman–Crippen MR) is 82.8 cm³/mol. The summed E-state index contributed by atoms with van der Waals surface area (Å²) in [6, 6.07) is 0.107. The molecule has 5 nitrogen and oxygen atoms in total. The predicted octanol–water partition coefficient (Wildman–Crippen LogP) is 0.990. The van der Waals surface area contributed by atoms with Gasteiger partial charge in [-0.25, -0.2) is 0 Å². The van der Waals surface area contributed by atoms with Crippen molar-refractivity contribution < 1.29 is 8.42 Å². The molecule has 0 bridgehead atoms. The van der Waals surface area contributed by atoms with E-state index in [1.54, 1.807) is 23.1 Å². The number of likely N-dealkylation sites (N-methyl/N-ethyl adjacent to an activating group) is 1. The fourth-order valence-corrected chi connectivity index (χ4v) is 4.48. The molecule has 1 atom stereocenters. The molecule has 19 heavy (non-hydrogen) atoms. The molecule has 1 aliphatic heterocycles. The number of nitrogens with zero attached hydrogens (tertiary/aromatic N) is 2. The maximum atomic E-state index is 12.6. The van der Waals surface area contributed by atoms with Crippen molar-refractivity contribution in [2.24, 2.45) is 0 Å². The summed E-state index contributed by atoms with van der Waals surface area (Å²) in [5, 5.41) is 3.27. The first kappa shape index (κ1) is 17.2. The molecule has 1 rings (SSSR count). The van der Waals surface area contributed by atoms with Gasteiger partial charge in [0.05, 0.1) is 0 Å². The number of hydrogen-bond acceptors (Lipinski definition) is 4. The zero-order valence-corrected chi connectivity index (χ0v) is 13.9. The number of hydrogen-bond donors (Lipinski definition) is 1. The quantitative estimate of drug-likeness (QED) is 0.726. The van der Waals surface area contributed by atoms with Crippen LogP contribution in [0.15, 0.2) is 0 Å². The second-order valence-electron chi connectivity index (χ2n) is 4.89.